The van der Waals surface area contributed by atoms with Gasteiger partial charge in [0.1, 0.15) is 11.6 Å². The third-order valence-electron chi connectivity index (χ3n) is 7.07. The van der Waals surface area contributed by atoms with Crippen molar-refractivity contribution in [1.82, 2.24) is 9.47 Å². The van der Waals surface area contributed by atoms with Crippen molar-refractivity contribution in [2.24, 2.45) is 0 Å². The number of carbonyl (C=O) groups is 1. The maximum absolute atomic E-state index is 15.2. The van der Waals surface area contributed by atoms with Gasteiger partial charge in [0, 0.05) is 49.1 Å². The van der Waals surface area contributed by atoms with E-state index in [4.69, 9.17) is 4.74 Å². The van der Waals surface area contributed by atoms with Crippen molar-refractivity contribution in [3.8, 4) is 5.75 Å². The van der Waals surface area contributed by atoms with Crippen LogP contribution in [-0.2, 0) is 11.3 Å². The lowest BCUT2D eigenvalue weighted by Gasteiger charge is -2.22. The lowest BCUT2D eigenvalue weighted by molar-refractivity contribution is -0.130. The molecule has 2 heterocycles. The number of para-hydroxylation sites is 1. The number of halogens is 1. The Hall–Kier alpha value is -3.60. The zero-order valence-corrected chi connectivity index (χ0v) is 20.3. The SMILES string of the molecule is COc1ccc(Cn2cc(C(CC(=O)N3CCCC3)c3cc(C)ccc3F)c3ccccc32)cc1. The average molecular weight is 471 g/mol. The number of amides is 1. The number of nitrogens with zero attached hydrogens (tertiary/aromatic N) is 2. The molecule has 0 N–H and O–H groups in total. The highest BCUT2D eigenvalue weighted by molar-refractivity contribution is 5.87. The molecule has 4 aromatic rings. The summed E-state index contributed by atoms with van der Waals surface area (Å²) in [5.41, 5.74) is 4.78. The van der Waals surface area contributed by atoms with Gasteiger partial charge >= 0.3 is 0 Å². The monoisotopic (exact) mass is 470 g/mol. The van der Waals surface area contributed by atoms with Crippen LogP contribution in [0.2, 0.25) is 0 Å². The molecule has 0 bridgehead atoms. The molecule has 1 aliphatic rings. The number of hydrogen-bond donors (Lipinski definition) is 0. The van der Waals surface area contributed by atoms with Gasteiger partial charge in [-0.2, -0.15) is 0 Å². The van der Waals surface area contributed by atoms with E-state index in [1.165, 1.54) is 6.07 Å². The number of likely N-dealkylation sites (tertiary alicyclic amines) is 1. The summed E-state index contributed by atoms with van der Waals surface area (Å²) in [5, 5.41) is 1.06. The van der Waals surface area contributed by atoms with Crippen LogP contribution in [0, 0.1) is 12.7 Å². The van der Waals surface area contributed by atoms with E-state index in [9.17, 15) is 4.79 Å². The van der Waals surface area contributed by atoms with Gasteiger partial charge in [-0.3, -0.25) is 4.79 Å². The summed E-state index contributed by atoms with van der Waals surface area (Å²) in [6, 6.07) is 21.4. The molecule has 0 aliphatic carbocycles. The predicted molar refractivity (Wildman–Crippen MR) is 137 cm³/mol. The molecule has 0 spiro atoms. The lowest BCUT2D eigenvalue weighted by atomic mass is 9.86. The maximum atomic E-state index is 15.2. The smallest absolute Gasteiger partial charge is 0.223 e. The highest BCUT2D eigenvalue weighted by Gasteiger charge is 2.28. The molecule has 3 aromatic carbocycles. The van der Waals surface area contributed by atoms with Crippen molar-refractivity contribution in [3.63, 3.8) is 0 Å². The van der Waals surface area contributed by atoms with Crippen LogP contribution in [0.3, 0.4) is 0 Å². The van der Waals surface area contributed by atoms with Gasteiger partial charge in [0.2, 0.25) is 5.91 Å². The Labute approximate surface area is 205 Å². The molecular formula is C30H31FN2O2. The molecule has 180 valence electrons. The first-order valence-electron chi connectivity index (χ1n) is 12.3. The summed E-state index contributed by atoms with van der Waals surface area (Å²) >= 11 is 0. The normalized spacial score (nSPS) is 14.4. The summed E-state index contributed by atoms with van der Waals surface area (Å²) in [4.78, 5) is 15.2. The van der Waals surface area contributed by atoms with Gasteiger partial charge in [-0.25, -0.2) is 4.39 Å². The maximum Gasteiger partial charge on any atom is 0.223 e. The Morgan fingerprint density at radius 1 is 1.00 bits per heavy atom. The van der Waals surface area contributed by atoms with Gasteiger partial charge in [0.25, 0.3) is 0 Å². The minimum absolute atomic E-state index is 0.0976. The highest BCUT2D eigenvalue weighted by Crippen LogP contribution is 2.37. The summed E-state index contributed by atoms with van der Waals surface area (Å²) in [6.45, 7) is 4.23. The molecule has 35 heavy (non-hydrogen) atoms. The van der Waals surface area contributed by atoms with Crippen LogP contribution in [0.1, 0.15) is 47.4 Å². The fourth-order valence-corrected chi connectivity index (χ4v) is 5.20. The number of carbonyl (C=O) groups excluding carboxylic acids is 1. The first-order valence-corrected chi connectivity index (χ1v) is 12.3. The van der Waals surface area contributed by atoms with Crippen molar-refractivity contribution >= 4 is 16.8 Å². The number of fused-ring (bicyclic) bond motifs is 1. The van der Waals surface area contributed by atoms with Crippen molar-refractivity contribution < 1.29 is 13.9 Å². The largest absolute Gasteiger partial charge is 0.497 e. The van der Waals surface area contributed by atoms with E-state index >= 15 is 4.39 Å². The number of rotatable bonds is 7. The van der Waals surface area contributed by atoms with E-state index in [-0.39, 0.29) is 24.1 Å². The van der Waals surface area contributed by atoms with E-state index in [1.807, 2.05) is 42.2 Å². The van der Waals surface area contributed by atoms with E-state index < -0.39 is 0 Å². The van der Waals surface area contributed by atoms with Crippen molar-refractivity contribution in [1.29, 1.82) is 0 Å². The Balaban J connectivity index is 1.58. The first-order chi connectivity index (χ1) is 17.0. The second kappa shape index (κ2) is 9.95. The van der Waals surface area contributed by atoms with Crippen molar-refractivity contribution in [2.45, 2.75) is 38.6 Å². The predicted octanol–water partition coefficient (Wildman–Crippen LogP) is 6.29. The molecule has 1 fully saturated rings. The van der Waals surface area contributed by atoms with E-state index in [1.54, 1.807) is 13.2 Å². The number of hydrogen-bond acceptors (Lipinski definition) is 2. The number of methoxy groups -OCH3 is 1. The fourth-order valence-electron chi connectivity index (χ4n) is 5.20. The van der Waals surface area contributed by atoms with Crippen LogP contribution in [0.15, 0.2) is 72.9 Å². The standard InChI is InChI=1S/C30H31FN2O2/c1-21-9-14-28(31)26(17-21)25(18-30(34)32-15-5-6-16-32)27-20-33(29-8-4-3-7-24(27)29)19-22-10-12-23(35-2)13-11-22/h3-4,7-14,17,20,25H,5-6,15-16,18-19H2,1-2H3. The van der Waals surface area contributed by atoms with Gasteiger partial charge in [-0.1, -0.05) is 48.0 Å². The third kappa shape index (κ3) is 4.81. The molecule has 1 aliphatic heterocycles. The third-order valence-corrected chi connectivity index (χ3v) is 7.07. The number of benzene rings is 3. The van der Waals surface area contributed by atoms with Crippen LogP contribution in [0.4, 0.5) is 4.39 Å². The summed E-state index contributed by atoms with van der Waals surface area (Å²) in [6.07, 6.45) is 4.45. The van der Waals surface area contributed by atoms with Gasteiger partial charge in [-0.05, 0) is 60.7 Å². The Bertz CT molecular complexity index is 1340. The quantitative estimate of drug-likeness (QED) is 0.318. The van der Waals surface area contributed by atoms with E-state index in [2.05, 4.69) is 35.0 Å². The molecule has 4 nitrogen and oxygen atoms in total. The molecule has 5 heteroatoms. The Morgan fingerprint density at radius 3 is 2.49 bits per heavy atom. The van der Waals surface area contributed by atoms with Crippen LogP contribution in [0.5, 0.6) is 5.75 Å². The Kier molecular flexibility index (Phi) is 6.58. The molecule has 0 saturated carbocycles. The van der Waals surface area contributed by atoms with E-state index in [0.717, 1.165) is 59.3 Å². The first kappa shape index (κ1) is 23.2. The second-order valence-electron chi connectivity index (χ2n) is 9.45. The summed E-state index contributed by atoms with van der Waals surface area (Å²) in [5.74, 6) is 0.300. The zero-order valence-electron chi connectivity index (χ0n) is 20.3. The average Bonchev–Trinajstić information content (AvgIpc) is 3.54. The van der Waals surface area contributed by atoms with E-state index in [0.29, 0.717) is 12.1 Å². The number of ether oxygens (including phenoxy) is 1. The molecular weight excluding hydrogens is 439 g/mol. The molecule has 5 rings (SSSR count). The topological polar surface area (TPSA) is 34.5 Å². The molecule has 1 atom stereocenters. The number of aromatic nitrogens is 1. The lowest BCUT2D eigenvalue weighted by Crippen LogP contribution is -2.29. The molecule has 0 radical (unpaired) electrons. The molecule has 1 unspecified atom stereocenters. The Morgan fingerprint density at radius 2 is 1.74 bits per heavy atom. The summed E-state index contributed by atoms with van der Waals surface area (Å²) in [7, 11) is 1.66. The van der Waals surface area contributed by atoms with Gasteiger partial charge in [0.05, 0.1) is 7.11 Å². The van der Waals surface area contributed by atoms with Crippen LogP contribution < -0.4 is 4.74 Å². The van der Waals surface area contributed by atoms with Crippen molar-refractivity contribution in [2.75, 3.05) is 20.2 Å². The van der Waals surface area contributed by atoms with Crippen LogP contribution >= 0.6 is 0 Å². The highest BCUT2D eigenvalue weighted by atomic mass is 19.1. The minimum atomic E-state index is -0.356. The van der Waals surface area contributed by atoms with Crippen molar-refractivity contribution in [3.05, 3.63) is 101 Å². The van der Waals surface area contributed by atoms with Crippen LogP contribution in [-0.4, -0.2) is 35.6 Å². The van der Waals surface area contributed by atoms with Gasteiger partial charge in [0.15, 0.2) is 0 Å². The zero-order chi connectivity index (χ0) is 24.4. The minimum Gasteiger partial charge on any atom is -0.497 e. The molecule has 1 saturated heterocycles. The number of aryl methyl sites for hydroxylation is 1. The molecule has 1 amide bonds. The molecule has 1 aromatic heterocycles. The summed E-state index contributed by atoms with van der Waals surface area (Å²) < 4.78 is 22.7. The fraction of sp³-hybridized carbons (Fsp3) is 0.300. The van der Waals surface area contributed by atoms with Gasteiger partial charge < -0.3 is 14.2 Å². The van der Waals surface area contributed by atoms with Crippen LogP contribution in [0.25, 0.3) is 10.9 Å². The second-order valence-corrected chi connectivity index (χ2v) is 9.45. The van der Waals surface area contributed by atoms with Gasteiger partial charge in [-0.15, -0.1) is 0 Å².